The number of nitrogens with one attached hydrogen (secondary N) is 2. The molecule has 3 rings (SSSR count). The van der Waals surface area contributed by atoms with Gasteiger partial charge in [-0.25, -0.2) is 10.1 Å². The van der Waals surface area contributed by atoms with Gasteiger partial charge in [-0.2, -0.15) is 5.10 Å². The Kier molecular flexibility index (Phi) is 4.35. The number of aromatic nitrogens is 3. The van der Waals surface area contributed by atoms with Crippen LogP contribution in [0.2, 0.25) is 5.02 Å². The van der Waals surface area contributed by atoms with E-state index in [2.05, 4.69) is 41.3 Å². The third-order valence-corrected chi connectivity index (χ3v) is 4.90. The predicted molar refractivity (Wildman–Crippen MR) is 90.8 cm³/mol. The minimum atomic E-state index is -0.360. The summed E-state index contributed by atoms with van der Waals surface area (Å²) in [5, 5.41) is 9.76. The molecule has 6 nitrogen and oxygen atoms in total. The van der Waals surface area contributed by atoms with Crippen molar-refractivity contribution in [3.8, 4) is 0 Å². The molecule has 1 fully saturated rings. The highest BCUT2D eigenvalue weighted by molar-refractivity contribution is 9.10. The van der Waals surface area contributed by atoms with Gasteiger partial charge in [0, 0.05) is 29.8 Å². The fourth-order valence-corrected chi connectivity index (χ4v) is 2.95. The van der Waals surface area contributed by atoms with Gasteiger partial charge in [-0.05, 0) is 40.9 Å². The predicted octanol–water partition coefficient (Wildman–Crippen LogP) is 2.58. The zero-order chi connectivity index (χ0) is 15.7. The Hall–Kier alpha value is -1.60. The molecule has 2 aromatic heterocycles. The summed E-state index contributed by atoms with van der Waals surface area (Å²) in [6, 6.07) is 2.26. The summed E-state index contributed by atoms with van der Waals surface area (Å²) in [7, 11) is 0. The second kappa shape index (κ2) is 6.26. The number of H-pyrrole nitrogens is 1. The lowest BCUT2D eigenvalue weighted by atomic mass is 10.2. The van der Waals surface area contributed by atoms with Gasteiger partial charge in [-0.3, -0.25) is 4.79 Å². The molecule has 22 heavy (non-hydrogen) atoms. The van der Waals surface area contributed by atoms with Crippen molar-refractivity contribution in [3.63, 3.8) is 0 Å². The van der Waals surface area contributed by atoms with Gasteiger partial charge >= 0.3 is 0 Å². The maximum atomic E-state index is 11.5. The molecule has 0 radical (unpaired) electrons. The molecular weight excluding hydrogens is 370 g/mol. The molecule has 2 N–H and O–H groups in total. The van der Waals surface area contributed by atoms with E-state index >= 15 is 0 Å². The number of hydrogen-bond acceptors (Lipinski definition) is 5. The third-order valence-electron chi connectivity index (χ3n) is 3.71. The van der Waals surface area contributed by atoms with E-state index in [4.69, 9.17) is 11.6 Å². The average Bonchev–Trinajstić information content (AvgIpc) is 2.94. The number of hydrogen-bond donors (Lipinski definition) is 2. The first kappa shape index (κ1) is 15.3. The SMILES string of the molecule is Cc1cc(NC2CCN(c3cn[nH]c(=O)c3Cl)C2)ncc1Br. The molecule has 1 unspecified atom stereocenters. The van der Waals surface area contributed by atoms with E-state index in [0.29, 0.717) is 5.69 Å². The lowest BCUT2D eigenvalue weighted by Crippen LogP contribution is -2.27. The summed E-state index contributed by atoms with van der Waals surface area (Å²) >= 11 is 9.50. The molecule has 1 atom stereocenters. The van der Waals surface area contributed by atoms with Crippen molar-refractivity contribution in [3.05, 3.63) is 43.9 Å². The number of aryl methyl sites for hydroxylation is 1. The van der Waals surface area contributed by atoms with E-state index in [9.17, 15) is 4.79 Å². The Morgan fingerprint density at radius 1 is 1.50 bits per heavy atom. The molecule has 116 valence electrons. The summed E-state index contributed by atoms with van der Waals surface area (Å²) in [6.45, 7) is 3.60. The van der Waals surface area contributed by atoms with E-state index < -0.39 is 0 Å². The third kappa shape index (κ3) is 3.10. The lowest BCUT2D eigenvalue weighted by Gasteiger charge is -2.19. The number of rotatable bonds is 3. The molecule has 2 aromatic rings. The summed E-state index contributed by atoms with van der Waals surface area (Å²) in [4.78, 5) is 18.0. The highest BCUT2D eigenvalue weighted by atomic mass is 79.9. The van der Waals surface area contributed by atoms with Crippen LogP contribution in [0.3, 0.4) is 0 Å². The number of halogens is 2. The van der Waals surface area contributed by atoms with Crippen molar-refractivity contribution in [1.82, 2.24) is 15.2 Å². The number of pyridine rings is 1. The van der Waals surface area contributed by atoms with Crippen LogP contribution < -0.4 is 15.8 Å². The van der Waals surface area contributed by atoms with E-state index in [1.807, 2.05) is 13.0 Å². The fourth-order valence-electron chi connectivity index (χ4n) is 2.52. The zero-order valence-electron chi connectivity index (χ0n) is 11.9. The van der Waals surface area contributed by atoms with Crippen molar-refractivity contribution in [2.24, 2.45) is 0 Å². The Morgan fingerprint density at radius 2 is 2.32 bits per heavy atom. The number of aromatic amines is 1. The molecule has 8 heteroatoms. The van der Waals surface area contributed by atoms with Crippen molar-refractivity contribution >= 4 is 39.0 Å². The molecule has 1 saturated heterocycles. The summed E-state index contributed by atoms with van der Waals surface area (Å²) in [6.07, 6.45) is 4.33. The first-order chi connectivity index (χ1) is 10.5. The standard InChI is InChI=1S/C14H15BrClN5O/c1-8-4-12(17-5-10(8)15)19-9-2-3-21(7-9)11-6-18-20-14(22)13(11)16/h4-6,9H,2-3,7H2,1H3,(H,17,19)(H,20,22). The van der Waals surface area contributed by atoms with E-state index in [-0.39, 0.29) is 16.6 Å². The molecule has 0 spiro atoms. The molecule has 1 aliphatic rings. The van der Waals surface area contributed by atoms with Crippen LogP contribution >= 0.6 is 27.5 Å². The Bertz CT molecular complexity index is 750. The monoisotopic (exact) mass is 383 g/mol. The number of nitrogens with zero attached hydrogens (tertiary/aromatic N) is 3. The van der Waals surface area contributed by atoms with Crippen LogP contribution in [-0.2, 0) is 0 Å². The Balaban J connectivity index is 1.71. The summed E-state index contributed by atoms with van der Waals surface area (Å²) in [5.41, 5.74) is 1.45. The van der Waals surface area contributed by atoms with Crippen molar-refractivity contribution in [2.45, 2.75) is 19.4 Å². The van der Waals surface area contributed by atoms with Crippen LogP contribution in [0.5, 0.6) is 0 Å². The van der Waals surface area contributed by atoms with Gasteiger partial charge in [0.05, 0.1) is 11.9 Å². The lowest BCUT2D eigenvalue weighted by molar-refractivity contribution is 0.799. The van der Waals surface area contributed by atoms with Gasteiger partial charge in [0.25, 0.3) is 5.56 Å². The van der Waals surface area contributed by atoms with Crippen LogP contribution in [-0.4, -0.2) is 34.3 Å². The van der Waals surface area contributed by atoms with Gasteiger partial charge < -0.3 is 10.2 Å². The van der Waals surface area contributed by atoms with E-state index in [1.54, 1.807) is 12.4 Å². The fraction of sp³-hybridized carbons (Fsp3) is 0.357. The number of anilines is 2. The topological polar surface area (TPSA) is 73.9 Å². The van der Waals surface area contributed by atoms with Gasteiger partial charge in [0.15, 0.2) is 0 Å². The summed E-state index contributed by atoms with van der Waals surface area (Å²) in [5.74, 6) is 0.850. The molecule has 3 heterocycles. The minimum absolute atomic E-state index is 0.188. The van der Waals surface area contributed by atoms with Crippen LogP contribution in [0.15, 0.2) is 27.7 Å². The second-order valence-corrected chi connectivity index (χ2v) is 6.53. The normalized spacial score (nSPS) is 17.8. The molecule has 0 saturated carbocycles. The van der Waals surface area contributed by atoms with Crippen molar-refractivity contribution in [1.29, 1.82) is 0 Å². The average molecular weight is 385 g/mol. The molecule has 0 amide bonds. The second-order valence-electron chi connectivity index (χ2n) is 5.29. The molecule has 0 aliphatic carbocycles. The Morgan fingerprint density at radius 3 is 3.09 bits per heavy atom. The maximum Gasteiger partial charge on any atom is 0.285 e. The Labute approximate surface area is 141 Å². The highest BCUT2D eigenvalue weighted by Gasteiger charge is 2.25. The highest BCUT2D eigenvalue weighted by Crippen LogP contribution is 2.26. The largest absolute Gasteiger partial charge is 0.367 e. The van der Waals surface area contributed by atoms with E-state index in [1.165, 1.54) is 0 Å². The van der Waals surface area contributed by atoms with Gasteiger partial charge in [-0.15, -0.1) is 0 Å². The molecular formula is C14H15BrClN5O. The maximum absolute atomic E-state index is 11.5. The van der Waals surface area contributed by atoms with Crippen LogP contribution in [0.25, 0.3) is 0 Å². The van der Waals surface area contributed by atoms with Crippen LogP contribution in [0, 0.1) is 6.92 Å². The van der Waals surface area contributed by atoms with Crippen LogP contribution in [0.1, 0.15) is 12.0 Å². The zero-order valence-corrected chi connectivity index (χ0v) is 14.3. The van der Waals surface area contributed by atoms with Gasteiger partial charge in [0.1, 0.15) is 10.8 Å². The molecule has 0 aromatic carbocycles. The molecule has 1 aliphatic heterocycles. The summed E-state index contributed by atoms with van der Waals surface area (Å²) < 4.78 is 0.993. The van der Waals surface area contributed by atoms with E-state index in [0.717, 1.165) is 35.4 Å². The smallest absolute Gasteiger partial charge is 0.285 e. The quantitative estimate of drug-likeness (QED) is 0.851. The first-order valence-corrected chi connectivity index (χ1v) is 8.08. The molecule has 0 bridgehead atoms. The minimum Gasteiger partial charge on any atom is -0.367 e. The first-order valence-electron chi connectivity index (χ1n) is 6.91. The van der Waals surface area contributed by atoms with Crippen molar-refractivity contribution < 1.29 is 0 Å². The van der Waals surface area contributed by atoms with Gasteiger partial charge in [-0.1, -0.05) is 11.6 Å². The van der Waals surface area contributed by atoms with Crippen molar-refractivity contribution in [2.75, 3.05) is 23.3 Å². The van der Waals surface area contributed by atoms with Crippen LogP contribution in [0.4, 0.5) is 11.5 Å². The van der Waals surface area contributed by atoms with Gasteiger partial charge in [0.2, 0.25) is 0 Å².